The number of esters is 1. The summed E-state index contributed by atoms with van der Waals surface area (Å²) < 4.78 is 5.40. The summed E-state index contributed by atoms with van der Waals surface area (Å²) in [6, 6.07) is -0.645. The molecule has 2 unspecified atom stereocenters. The van der Waals surface area contributed by atoms with Gasteiger partial charge in [0, 0.05) is 12.8 Å². The van der Waals surface area contributed by atoms with Crippen LogP contribution < -0.4 is 5.32 Å². The van der Waals surface area contributed by atoms with E-state index in [2.05, 4.69) is 43.5 Å². The second kappa shape index (κ2) is 40.8. The SMILES string of the molecule is CCCC/C=C\CCCCCCCC(=O)OCCCCC/C=C\CCCCCCCC(=O)NC(CO)C(O)/C=C/CCCCCCCCCCC. The number of aliphatic hydroxyl groups is 2. The second-order valence-electron chi connectivity index (χ2n) is 14.7. The van der Waals surface area contributed by atoms with Gasteiger partial charge < -0.3 is 20.3 Å². The lowest BCUT2D eigenvalue weighted by molar-refractivity contribution is -0.143. The van der Waals surface area contributed by atoms with Gasteiger partial charge >= 0.3 is 5.97 Å². The highest BCUT2D eigenvalue weighted by molar-refractivity contribution is 5.76. The summed E-state index contributed by atoms with van der Waals surface area (Å²) in [7, 11) is 0. The van der Waals surface area contributed by atoms with Gasteiger partial charge in [0.25, 0.3) is 0 Å². The summed E-state index contributed by atoms with van der Waals surface area (Å²) in [5, 5.41) is 22.9. The maximum absolute atomic E-state index is 12.3. The van der Waals surface area contributed by atoms with Crippen molar-refractivity contribution in [3.05, 3.63) is 36.5 Å². The highest BCUT2D eigenvalue weighted by atomic mass is 16.5. The van der Waals surface area contributed by atoms with Crippen LogP contribution in [0.15, 0.2) is 36.5 Å². The normalized spacial score (nSPS) is 13.1. The van der Waals surface area contributed by atoms with Crippen LogP contribution in [0.1, 0.15) is 213 Å². The molecule has 0 aliphatic carbocycles. The van der Waals surface area contributed by atoms with Crippen molar-refractivity contribution in [1.29, 1.82) is 0 Å². The van der Waals surface area contributed by atoms with E-state index in [4.69, 9.17) is 4.74 Å². The number of nitrogens with one attached hydrogen (secondary N) is 1. The lowest BCUT2D eigenvalue weighted by Gasteiger charge is -2.20. The van der Waals surface area contributed by atoms with Crippen molar-refractivity contribution < 1.29 is 24.5 Å². The fourth-order valence-corrected chi connectivity index (χ4v) is 6.19. The molecule has 6 nitrogen and oxygen atoms in total. The predicted molar refractivity (Wildman–Crippen MR) is 218 cm³/mol. The van der Waals surface area contributed by atoms with Gasteiger partial charge in [0.05, 0.1) is 25.4 Å². The summed E-state index contributed by atoms with van der Waals surface area (Å²) >= 11 is 0. The number of hydrogen-bond donors (Lipinski definition) is 3. The van der Waals surface area contributed by atoms with E-state index < -0.39 is 12.1 Å². The van der Waals surface area contributed by atoms with Crippen LogP contribution >= 0.6 is 0 Å². The molecule has 0 bridgehead atoms. The van der Waals surface area contributed by atoms with Gasteiger partial charge in [-0.2, -0.15) is 0 Å². The monoisotopic (exact) mass is 718 g/mol. The highest BCUT2D eigenvalue weighted by Crippen LogP contribution is 2.13. The summed E-state index contributed by atoms with van der Waals surface area (Å²) in [5.74, 6) is -0.135. The fourth-order valence-electron chi connectivity index (χ4n) is 6.19. The number of carbonyl (C=O) groups excluding carboxylic acids is 2. The Morgan fingerprint density at radius 2 is 0.941 bits per heavy atom. The van der Waals surface area contributed by atoms with Crippen molar-refractivity contribution in [2.24, 2.45) is 0 Å². The van der Waals surface area contributed by atoms with Gasteiger partial charge in [-0.25, -0.2) is 0 Å². The zero-order chi connectivity index (χ0) is 37.3. The maximum Gasteiger partial charge on any atom is 0.305 e. The van der Waals surface area contributed by atoms with Crippen LogP contribution in [-0.4, -0.2) is 47.4 Å². The molecule has 3 N–H and O–H groups in total. The summed E-state index contributed by atoms with van der Waals surface area (Å²) in [6.45, 7) is 4.76. The highest BCUT2D eigenvalue weighted by Gasteiger charge is 2.18. The van der Waals surface area contributed by atoms with Crippen molar-refractivity contribution >= 4 is 11.9 Å². The molecule has 0 fully saturated rings. The van der Waals surface area contributed by atoms with Crippen molar-refractivity contribution in [2.75, 3.05) is 13.2 Å². The van der Waals surface area contributed by atoms with Gasteiger partial charge in [-0.3, -0.25) is 9.59 Å². The summed E-state index contributed by atoms with van der Waals surface area (Å²) in [4.78, 5) is 24.3. The number of allylic oxidation sites excluding steroid dienone is 5. The third kappa shape index (κ3) is 37.6. The molecule has 0 heterocycles. The predicted octanol–water partition coefficient (Wildman–Crippen LogP) is 12.2. The van der Waals surface area contributed by atoms with Crippen LogP contribution in [-0.2, 0) is 14.3 Å². The van der Waals surface area contributed by atoms with E-state index >= 15 is 0 Å². The lowest BCUT2D eigenvalue weighted by atomic mass is 10.1. The zero-order valence-electron chi connectivity index (χ0n) is 33.6. The van der Waals surface area contributed by atoms with Crippen molar-refractivity contribution in [1.82, 2.24) is 5.32 Å². The molecule has 51 heavy (non-hydrogen) atoms. The van der Waals surface area contributed by atoms with E-state index in [-0.39, 0.29) is 18.5 Å². The van der Waals surface area contributed by atoms with Gasteiger partial charge in [-0.05, 0) is 83.5 Å². The number of amides is 1. The van der Waals surface area contributed by atoms with Crippen LogP contribution in [0.25, 0.3) is 0 Å². The van der Waals surface area contributed by atoms with Gasteiger partial charge in [0.2, 0.25) is 5.91 Å². The molecular formula is C45H83NO5. The minimum absolute atomic E-state index is 0.0370. The smallest absolute Gasteiger partial charge is 0.305 e. The number of carbonyl (C=O) groups is 2. The minimum atomic E-state index is -0.859. The Morgan fingerprint density at radius 1 is 0.529 bits per heavy atom. The molecule has 0 aliphatic heterocycles. The Kier molecular flexibility index (Phi) is 39.3. The van der Waals surface area contributed by atoms with E-state index in [1.807, 2.05) is 6.08 Å². The molecule has 0 saturated heterocycles. The van der Waals surface area contributed by atoms with E-state index in [0.717, 1.165) is 83.5 Å². The molecule has 0 rings (SSSR count). The Balaban J connectivity index is 3.58. The molecule has 298 valence electrons. The van der Waals surface area contributed by atoms with Gasteiger partial charge in [0.1, 0.15) is 0 Å². The third-order valence-corrected chi connectivity index (χ3v) is 9.63. The van der Waals surface area contributed by atoms with Crippen LogP contribution in [0.4, 0.5) is 0 Å². The van der Waals surface area contributed by atoms with Gasteiger partial charge in [-0.1, -0.05) is 153 Å². The average molecular weight is 718 g/mol. The molecule has 0 aromatic heterocycles. The second-order valence-corrected chi connectivity index (χ2v) is 14.7. The number of rotatable bonds is 39. The van der Waals surface area contributed by atoms with Crippen LogP contribution in [0.5, 0.6) is 0 Å². The molecule has 6 heteroatoms. The van der Waals surface area contributed by atoms with E-state index in [0.29, 0.717) is 19.4 Å². The first kappa shape index (κ1) is 49.1. The topological polar surface area (TPSA) is 95.9 Å². The number of ether oxygens (including phenoxy) is 1. The van der Waals surface area contributed by atoms with Crippen LogP contribution in [0, 0.1) is 0 Å². The number of unbranched alkanes of at least 4 members (excludes halogenated alkanes) is 24. The average Bonchev–Trinajstić information content (AvgIpc) is 3.13. The first-order valence-electron chi connectivity index (χ1n) is 21.8. The van der Waals surface area contributed by atoms with Crippen molar-refractivity contribution in [3.63, 3.8) is 0 Å². The molecule has 0 aliphatic rings. The first-order valence-corrected chi connectivity index (χ1v) is 21.8. The van der Waals surface area contributed by atoms with E-state index in [1.165, 1.54) is 103 Å². The molecule has 0 aromatic carbocycles. The molecule has 0 radical (unpaired) electrons. The van der Waals surface area contributed by atoms with E-state index in [1.54, 1.807) is 6.08 Å². The van der Waals surface area contributed by atoms with Crippen molar-refractivity contribution in [2.45, 2.75) is 225 Å². The summed E-state index contributed by atoms with van der Waals surface area (Å²) in [5.41, 5.74) is 0. The van der Waals surface area contributed by atoms with E-state index in [9.17, 15) is 19.8 Å². The fraction of sp³-hybridized carbons (Fsp3) is 0.822. The zero-order valence-corrected chi connectivity index (χ0v) is 33.6. The molecule has 0 spiro atoms. The molecule has 1 amide bonds. The van der Waals surface area contributed by atoms with Crippen LogP contribution in [0.3, 0.4) is 0 Å². The Hall–Kier alpha value is -1.92. The molecule has 0 saturated carbocycles. The third-order valence-electron chi connectivity index (χ3n) is 9.63. The maximum atomic E-state index is 12.3. The first-order chi connectivity index (χ1) is 25.0. The lowest BCUT2D eigenvalue weighted by Crippen LogP contribution is -2.45. The molecular weight excluding hydrogens is 634 g/mol. The standard InChI is InChI=1S/C45H83NO5/c1-3-5-7-9-11-13-17-21-25-29-33-37-43(48)42(41-47)46-44(49)38-34-30-26-22-19-15-16-20-24-28-32-36-40-51-45(50)39-35-31-27-23-18-14-12-10-8-6-4-2/h10,12,16,20,33,37,42-43,47-48H,3-9,11,13-15,17-19,21-32,34-36,38-41H2,1-2H3,(H,46,49)/b12-10-,20-16-,37-33+. The minimum Gasteiger partial charge on any atom is -0.466 e. The van der Waals surface area contributed by atoms with Gasteiger partial charge in [-0.15, -0.1) is 0 Å². The van der Waals surface area contributed by atoms with Gasteiger partial charge in [0.15, 0.2) is 0 Å². The van der Waals surface area contributed by atoms with Crippen molar-refractivity contribution in [3.8, 4) is 0 Å². The Labute approximate surface area is 315 Å². The number of aliphatic hydroxyl groups excluding tert-OH is 2. The van der Waals surface area contributed by atoms with Crippen LogP contribution in [0.2, 0.25) is 0 Å². The molecule has 2 atom stereocenters. The molecule has 0 aromatic rings. The quantitative estimate of drug-likeness (QED) is 0.0334. The summed E-state index contributed by atoms with van der Waals surface area (Å²) in [6.07, 6.45) is 47.0. The number of hydrogen-bond acceptors (Lipinski definition) is 5. The Bertz CT molecular complexity index is 838. The Morgan fingerprint density at radius 3 is 1.45 bits per heavy atom. The largest absolute Gasteiger partial charge is 0.466 e.